The van der Waals surface area contributed by atoms with E-state index >= 15 is 0 Å². The Bertz CT molecular complexity index is 688. The summed E-state index contributed by atoms with van der Waals surface area (Å²) in [5.74, 6) is 1.17. The molecule has 7 nitrogen and oxygen atoms in total. The normalized spacial score (nSPS) is 15.0. The number of nitro groups is 1. The molecule has 0 aromatic carbocycles. The number of anilines is 2. The van der Waals surface area contributed by atoms with Gasteiger partial charge in [-0.15, -0.1) is 0 Å². The lowest BCUT2D eigenvalue weighted by atomic mass is 10.2. The molecule has 1 aliphatic rings. The van der Waals surface area contributed by atoms with E-state index in [2.05, 4.69) is 14.9 Å². The highest BCUT2D eigenvalue weighted by atomic mass is 35.5. The summed E-state index contributed by atoms with van der Waals surface area (Å²) in [4.78, 5) is 23.2. The minimum atomic E-state index is -0.398. The molecule has 1 aliphatic heterocycles. The number of hydrogen-bond donors (Lipinski definition) is 0. The van der Waals surface area contributed by atoms with Crippen LogP contribution in [-0.4, -0.2) is 41.1 Å². The molecule has 0 saturated carbocycles. The van der Waals surface area contributed by atoms with Crippen molar-refractivity contribution < 1.29 is 4.92 Å². The van der Waals surface area contributed by atoms with Gasteiger partial charge in [-0.2, -0.15) is 0 Å². The molecule has 0 amide bonds. The molecule has 8 heteroatoms. The minimum Gasteiger partial charge on any atom is -0.352 e. The fraction of sp³-hybridized carbons (Fsp3) is 0.286. The zero-order valence-electron chi connectivity index (χ0n) is 11.7. The summed E-state index contributed by atoms with van der Waals surface area (Å²) < 4.78 is 0. The number of halogens is 1. The Balaban J connectivity index is 1.75. The first-order valence-electron chi connectivity index (χ1n) is 6.86. The fourth-order valence-corrected chi connectivity index (χ4v) is 2.76. The van der Waals surface area contributed by atoms with Gasteiger partial charge in [-0.1, -0.05) is 11.6 Å². The van der Waals surface area contributed by atoms with Gasteiger partial charge in [0.2, 0.25) is 5.82 Å². The average Bonchev–Trinajstić information content (AvgIpc) is 2.55. The predicted octanol–water partition coefficient (Wildman–Crippen LogP) is 2.36. The standard InChI is InChI=1S/C14H14ClN5O2/c15-11-3-1-5-16-13(11)18-7-9-19(10-8-18)14-12(20(21)22)4-2-6-17-14/h1-6H,7-10H2. The van der Waals surface area contributed by atoms with Crippen molar-refractivity contribution in [2.75, 3.05) is 36.0 Å². The Morgan fingerprint density at radius 3 is 2.14 bits per heavy atom. The van der Waals surface area contributed by atoms with Gasteiger partial charge in [-0.05, 0) is 18.2 Å². The largest absolute Gasteiger partial charge is 0.352 e. The highest BCUT2D eigenvalue weighted by molar-refractivity contribution is 6.32. The van der Waals surface area contributed by atoms with Crippen LogP contribution in [0.25, 0.3) is 0 Å². The van der Waals surface area contributed by atoms with Crippen molar-refractivity contribution in [1.82, 2.24) is 9.97 Å². The molecule has 0 bridgehead atoms. The average molecular weight is 320 g/mol. The Kier molecular flexibility index (Phi) is 4.06. The summed E-state index contributed by atoms with van der Waals surface area (Å²) in [7, 11) is 0. The van der Waals surface area contributed by atoms with Crippen molar-refractivity contribution in [3.63, 3.8) is 0 Å². The van der Waals surface area contributed by atoms with Crippen molar-refractivity contribution in [3.05, 3.63) is 51.8 Å². The van der Waals surface area contributed by atoms with Crippen LogP contribution in [0.4, 0.5) is 17.3 Å². The Hall–Kier alpha value is -2.41. The zero-order chi connectivity index (χ0) is 15.5. The van der Waals surface area contributed by atoms with Crippen molar-refractivity contribution in [2.45, 2.75) is 0 Å². The van der Waals surface area contributed by atoms with Crippen LogP contribution in [0.5, 0.6) is 0 Å². The number of hydrogen-bond acceptors (Lipinski definition) is 6. The molecule has 0 N–H and O–H groups in total. The van der Waals surface area contributed by atoms with Crippen LogP contribution in [0.2, 0.25) is 5.02 Å². The van der Waals surface area contributed by atoms with E-state index in [1.54, 1.807) is 30.6 Å². The van der Waals surface area contributed by atoms with Gasteiger partial charge in [-0.25, -0.2) is 9.97 Å². The van der Waals surface area contributed by atoms with Crippen LogP contribution in [0.15, 0.2) is 36.7 Å². The third-order valence-electron chi connectivity index (χ3n) is 3.58. The summed E-state index contributed by atoms with van der Waals surface area (Å²) in [6.07, 6.45) is 3.28. The molecule has 3 heterocycles. The minimum absolute atomic E-state index is 0.0341. The van der Waals surface area contributed by atoms with E-state index in [1.165, 1.54) is 6.07 Å². The number of rotatable bonds is 3. The van der Waals surface area contributed by atoms with E-state index < -0.39 is 4.92 Å². The lowest BCUT2D eigenvalue weighted by molar-refractivity contribution is -0.384. The lowest BCUT2D eigenvalue weighted by Gasteiger charge is -2.35. The van der Waals surface area contributed by atoms with Gasteiger partial charge >= 0.3 is 5.69 Å². The second-order valence-corrected chi connectivity index (χ2v) is 5.29. The summed E-state index contributed by atoms with van der Waals surface area (Å²) in [6.45, 7) is 2.63. The maximum atomic E-state index is 11.1. The van der Waals surface area contributed by atoms with Crippen LogP contribution in [0, 0.1) is 10.1 Å². The van der Waals surface area contributed by atoms with E-state index in [9.17, 15) is 10.1 Å². The number of nitrogens with zero attached hydrogens (tertiary/aromatic N) is 5. The van der Waals surface area contributed by atoms with E-state index in [-0.39, 0.29) is 5.69 Å². The van der Waals surface area contributed by atoms with Crippen LogP contribution >= 0.6 is 11.6 Å². The van der Waals surface area contributed by atoms with Crippen LogP contribution in [0.3, 0.4) is 0 Å². The molecule has 114 valence electrons. The molecule has 1 saturated heterocycles. The van der Waals surface area contributed by atoms with E-state index in [1.807, 2.05) is 4.90 Å². The summed E-state index contributed by atoms with van der Waals surface area (Å²) in [5.41, 5.74) is 0.0341. The predicted molar refractivity (Wildman–Crippen MR) is 84.6 cm³/mol. The molecule has 2 aromatic rings. The van der Waals surface area contributed by atoms with E-state index in [0.29, 0.717) is 37.0 Å². The number of pyridine rings is 2. The molecular formula is C14H14ClN5O2. The maximum Gasteiger partial charge on any atom is 0.311 e. The Morgan fingerprint density at radius 2 is 1.55 bits per heavy atom. The highest BCUT2D eigenvalue weighted by Crippen LogP contribution is 2.28. The summed E-state index contributed by atoms with van der Waals surface area (Å²) in [5, 5.41) is 11.7. The fourth-order valence-electron chi connectivity index (χ4n) is 2.51. The van der Waals surface area contributed by atoms with Gasteiger partial charge < -0.3 is 9.80 Å². The molecular weight excluding hydrogens is 306 g/mol. The third-order valence-corrected chi connectivity index (χ3v) is 3.88. The van der Waals surface area contributed by atoms with Crippen LogP contribution in [-0.2, 0) is 0 Å². The summed E-state index contributed by atoms with van der Waals surface area (Å²) >= 11 is 6.16. The van der Waals surface area contributed by atoms with Crippen LogP contribution < -0.4 is 9.80 Å². The molecule has 1 fully saturated rings. The number of aromatic nitrogens is 2. The topological polar surface area (TPSA) is 75.4 Å². The smallest absolute Gasteiger partial charge is 0.311 e. The van der Waals surface area contributed by atoms with Gasteiger partial charge in [0, 0.05) is 44.6 Å². The van der Waals surface area contributed by atoms with Crippen molar-refractivity contribution in [1.29, 1.82) is 0 Å². The molecule has 0 aliphatic carbocycles. The maximum absolute atomic E-state index is 11.1. The Morgan fingerprint density at radius 1 is 1.00 bits per heavy atom. The molecule has 22 heavy (non-hydrogen) atoms. The van der Waals surface area contributed by atoms with Crippen molar-refractivity contribution in [3.8, 4) is 0 Å². The van der Waals surface area contributed by atoms with E-state index in [4.69, 9.17) is 11.6 Å². The third kappa shape index (κ3) is 2.80. The van der Waals surface area contributed by atoms with Gasteiger partial charge in [0.1, 0.15) is 5.82 Å². The zero-order valence-corrected chi connectivity index (χ0v) is 12.5. The van der Waals surface area contributed by atoms with Gasteiger partial charge in [0.05, 0.1) is 9.95 Å². The molecule has 0 atom stereocenters. The monoisotopic (exact) mass is 319 g/mol. The van der Waals surface area contributed by atoms with Crippen molar-refractivity contribution in [2.24, 2.45) is 0 Å². The Labute approximate surface area is 132 Å². The van der Waals surface area contributed by atoms with Crippen molar-refractivity contribution >= 4 is 28.9 Å². The van der Waals surface area contributed by atoms with Gasteiger partial charge in [0.25, 0.3) is 0 Å². The number of piperazine rings is 1. The summed E-state index contributed by atoms with van der Waals surface area (Å²) in [6, 6.07) is 6.65. The van der Waals surface area contributed by atoms with Gasteiger partial charge in [0.15, 0.2) is 0 Å². The first-order chi connectivity index (χ1) is 10.7. The molecule has 0 unspecified atom stereocenters. The SMILES string of the molecule is O=[N+]([O-])c1cccnc1N1CCN(c2ncccc2Cl)CC1. The first kappa shape index (κ1) is 14.5. The first-order valence-corrected chi connectivity index (χ1v) is 7.24. The molecule has 2 aromatic heterocycles. The highest BCUT2D eigenvalue weighted by Gasteiger charge is 2.25. The van der Waals surface area contributed by atoms with E-state index in [0.717, 1.165) is 5.82 Å². The van der Waals surface area contributed by atoms with Gasteiger partial charge in [-0.3, -0.25) is 10.1 Å². The lowest BCUT2D eigenvalue weighted by Crippen LogP contribution is -2.47. The molecule has 3 rings (SSSR count). The molecule has 0 spiro atoms. The quantitative estimate of drug-likeness (QED) is 0.638. The second-order valence-electron chi connectivity index (χ2n) is 4.89. The second kappa shape index (κ2) is 6.15. The molecule has 0 radical (unpaired) electrons. The van der Waals surface area contributed by atoms with Crippen LogP contribution in [0.1, 0.15) is 0 Å².